The molecule has 1 unspecified atom stereocenters. The Morgan fingerprint density at radius 3 is 3.10 bits per heavy atom. The summed E-state index contributed by atoms with van der Waals surface area (Å²) in [6, 6.07) is 9.65. The molecule has 1 aliphatic heterocycles. The van der Waals surface area contributed by atoms with Gasteiger partial charge in [0.25, 0.3) is 0 Å². The Labute approximate surface area is 123 Å². The Bertz CT molecular complexity index is 493. The summed E-state index contributed by atoms with van der Waals surface area (Å²) < 4.78 is 5.45. The summed E-state index contributed by atoms with van der Waals surface area (Å²) in [5.41, 5.74) is 1.66. The number of ether oxygens (including phenoxy) is 1. The molecule has 0 bridgehead atoms. The van der Waals surface area contributed by atoms with Gasteiger partial charge in [0.2, 0.25) is 5.91 Å². The van der Waals surface area contributed by atoms with Crippen LogP contribution in [0, 0.1) is 11.3 Å². The predicted octanol–water partition coefficient (Wildman–Crippen LogP) is 2.09. The highest BCUT2D eigenvalue weighted by molar-refractivity contribution is 7.99. The van der Waals surface area contributed by atoms with Crippen LogP contribution in [0.4, 0.5) is 0 Å². The zero-order valence-electron chi connectivity index (χ0n) is 11.3. The van der Waals surface area contributed by atoms with E-state index in [2.05, 4.69) is 11.4 Å². The van der Waals surface area contributed by atoms with Gasteiger partial charge in [-0.05, 0) is 24.5 Å². The van der Waals surface area contributed by atoms with E-state index in [9.17, 15) is 4.79 Å². The van der Waals surface area contributed by atoms with E-state index in [4.69, 9.17) is 10.00 Å². The van der Waals surface area contributed by atoms with Crippen molar-refractivity contribution in [1.82, 2.24) is 5.32 Å². The summed E-state index contributed by atoms with van der Waals surface area (Å²) in [4.78, 5) is 11.7. The quantitative estimate of drug-likeness (QED) is 0.871. The predicted molar refractivity (Wildman–Crippen MR) is 79.3 cm³/mol. The highest BCUT2D eigenvalue weighted by Gasteiger charge is 2.16. The molecular formula is C15H18N2O2S. The number of hydrogen-bond acceptors (Lipinski definition) is 4. The minimum absolute atomic E-state index is 0.0277. The second-order valence-corrected chi connectivity index (χ2v) is 5.69. The lowest BCUT2D eigenvalue weighted by atomic mass is 10.1. The van der Waals surface area contributed by atoms with Crippen molar-refractivity contribution in [2.45, 2.75) is 24.7 Å². The number of carbonyl (C=O) groups excluding carboxylic acids is 1. The Kier molecular flexibility index (Phi) is 5.90. The maximum Gasteiger partial charge on any atom is 0.230 e. The minimum Gasteiger partial charge on any atom is -0.376 e. The first-order valence-electron chi connectivity index (χ1n) is 6.73. The monoisotopic (exact) mass is 290 g/mol. The normalized spacial score (nSPS) is 17.6. The SMILES string of the molecule is N#Cc1ccccc1CSCC(=O)NCC1CCCO1. The van der Waals surface area contributed by atoms with Crippen LogP contribution in [0.3, 0.4) is 0 Å². The second-order valence-electron chi connectivity index (χ2n) is 4.70. The van der Waals surface area contributed by atoms with E-state index in [1.165, 1.54) is 11.8 Å². The first-order valence-corrected chi connectivity index (χ1v) is 7.89. The number of thioether (sulfide) groups is 1. The first kappa shape index (κ1) is 14.9. The van der Waals surface area contributed by atoms with Crippen LogP contribution in [-0.4, -0.2) is 30.9 Å². The molecule has 0 aliphatic carbocycles. The summed E-state index contributed by atoms with van der Waals surface area (Å²) in [6.45, 7) is 1.41. The lowest BCUT2D eigenvalue weighted by Gasteiger charge is -2.10. The van der Waals surface area contributed by atoms with Crippen LogP contribution < -0.4 is 5.32 Å². The summed E-state index contributed by atoms with van der Waals surface area (Å²) in [6.07, 6.45) is 2.30. The van der Waals surface area contributed by atoms with Crippen LogP contribution in [0.1, 0.15) is 24.0 Å². The molecule has 0 saturated carbocycles. The molecule has 0 aromatic heterocycles. The smallest absolute Gasteiger partial charge is 0.230 e. The largest absolute Gasteiger partial charge is 0.376 e. The standard InChI is InChI=1S/C15H18N2O2S/c16-8-12-4-1-2-5-13(12)10-20-11-15(18)17-9-14-6-3-7-19-14/h1-2,4-5,14H,3,6-7,9-11H2,(H,17,18). The fraction of sp³-hybridized carbons (Fsp3) is 0.467. The van der Waals surface area contributed by atoms with Crippen molar-refractivity contribution in [1.29, 1.82) is 5.26 Å². The number of hydrogen-bond donors (Lipinski definition) is 1. The first-order chi connectivity index (χ1) is 9.79. The molecule has 106 valence electrons. The summed E-state index contributed by atoms with van der Waals surface area (Å²) in [7, 11) is 0. The highest BCUT2D eigenvalue weighted by Crippen LogP contribution is 2.16. The van der Waals surface area contributed by atoms with Crippen molar-refractivity contribution in [2.24, 2.45) is 0 Å². The zero-order valence-corrected chi connectivity index (χ0v) is 12.1. The van der Waals surface area contributed by atoms with Crippen LogP contribution in [0.5, 0.6) is 0 Å². The lowest BCUT2D eigenvalue weighted by molar-refractivity contribution is -0.119. The third-order valence-corrected chi connectivity index (χ3v) is 4.16. The average molecular weight is 290 g/mol. The second kappa shape index (κ2) is 7.93. The molecule has 0 spiro atoms. The average Bonchev–Trinajstić information content (AvgIpc) is 2.99. The highest BCUT2D eigenvalue weighted by atomic mass is 32.2. The van der Waals surface area contributed by atoms with E-state index in [-0.39, 0.29) is 12.0 Å². The van der Waals surface area contributed by atoms with Gasteiger partial charge in [0, 0.05) is 18.9 Å². The third-order valence-electron chi connectivity index (χ3n) is 3.18. The zero-order chi connectivity index (χ0) is 14.2. The molecule has 0 radical (unpaired) electrons. The minimum atomic E-state index is 0.0277. The van der Waals surface area contributed by atoms with Crippen molar-refractivity contribution >= 4 is 17.7 Å². The van der Waals surface area contributed by atoms with E-state index in [0.717, 1.165) is 25.0 Å². The van der Waals surface area contributed by atoms with Crippen LogP contribution >= 0.6 is 11.8 Å². The number of nitriles is 1. The molecule has 1 saturated heterocycles. The van der Waals surface area contributed by atoms with E-state index in [0.29, 0.717) is 23.6 Å². The summed E-state index contributed by atoms with van der Waals surface area (Å²) in [5, 5.41) is 11.9. The van der Waals surface area contributed by atoms with Gasteiger partial charge in [-0.25, -0.2) is 0 Å². The Morgan fingerprint density at radius 1 is 1.50 bits per heavy atom. The van der Waals surface area contributed by atoms with Gasteiger partial charge in [-0.15, -0.1) is 11.8 Å². The number of carbonyl (C=O) groups is 1. The van der Waals surface area contributed by atoms with E-state index >= 15 is 0 Å². The number of rotatable bonds is 6. The third kappa shape index (κ3) is 4.55. The van der Waals surface area contributed by atoms with E-state index < -0.39 is 0 Å². The Balaban J connectivity index is 1.67. The fourth-order valence-electron chi connectivity index (χ4n) is 2.09. The lowest BCUT2D eigenvalue weighted by Crippen LogP contribution is -2.32. The van der Waals surface area contributed by atoms with Crippen molar-refractivity contribution in [2.75, 3.05) is 18.9 Å². The van der Waals surface area contributed by atoms with Crippen LogP contribution in [-0.2, 0) is 15.3 Å². The molecule has 4 nitrogen and oxygen atoms in total. The van der Waals surface area contributed by atoms with Crippen LogP contribution in [0.15, 0.2) is 24.3 Å². The molecule has 1 N–H and O–H groups in total. The molecule has 1 aliphatic rings. The molecule has 20 heavy (non-hydrogen) atoms. The van der Waals surface area contributed by atoms with Crippen molar-refractivity contribution in [3.8, 4) is 6.07 Å². The Morgan fingerprint density at radius 2 is 2.35 bits per heavy atom. The summed E-state index contributed by atoms with van der Waals surface area (Å²) in [5.74, 6) is 1.11. The van der Waals surface area contributed by atoms with Gasteiger partial charge >= 0.3 is 0 Å². The van der Waals surface area contributed by atoms with E-state index in [1.807, 2.05) is 18.2 Å². The maximum atomic E-state index is 11.7. The van der Waals surface area contributed by atoms with Crippen LogP contribution in [0.2, 0.25) is 0 Å². The molecule has 2 rings (SSSR count). The molecule has 1 amide bonds. The van der Waals surface area contributed by atoms with E-state index in [1.54, 1.807) is 6.07 Å². The molecule has 5 heteroatoms. The number of benzene rings is 1. The van der Waals surface area contributed by atoms with Crippen LogP contribution in [0.25, 0.3) is 0 Å². The molecule has 1 heterocycles. The molecule has 1 aromatic carbocycles. The molecule has 1 aromatic rings. The maximum absolute atomic E-state index is 11.7. The van der Waals surface area contributed by atoms with Crippen molar-refractivity contribution < 1.29 is 9.53 Å². The van der Waals surface area contributed by atoms with Crippen molar-refractivity contribution in [3.05, 3.63) is 35.4 Å². The summed E-state index contributed by atoms with van der Waals surface area (Å²) >= 11 is 1.52. The van der Waals surface area contributed by atoms with Gasteiger partial charge < -0.3 is 10.1 Å². The molecule has 1 fully saturated rings. The van der Waals surface area contributed by atoms with Gasteiger partial charge in [-0.1, -0.05) is 18.2 Å². The number of nitrogens with zero attached hydrogens (tertiary/aromatic N) is 1. The molecule has 1 atom stereocenters. The Hall–Kier alpha value is -1.51. The molecular weight excluding hydrogens is 272 g/mol. The van der Waals surface area contributed by atoms with Gasteiger partial charge in [-0.2, -0.15) is 5.26 Å². The van der Waals surface area contributed by atoms with Gasteiger partial charge in [0.05, 0.1) is 23.5 Å². The fourth-order valence-corrected chi connectivity index (χ4v) is 2.95. The number of amides is 1. The van der Waals surface area contributed by atoms with Crippen molar-refractivity contribution in [3.63, 3.8) is 0 Å². The van der Waals surface area contributed by atoms with Gasteiger partial charge in [-0.3, -0.25) is 4.79 Å². The van der Waals surface area contributed by atoms with Gasteiger partial charge in [0.15, 0.2) is 0 Å². The number of nitrogens with one attached hydrogen (secondary N) is 1. The van der Waals surface area contributed by atoms with Gasteiger partial charge in [0.1, 0.15) is 0 Å². The topological polar surface area (TPSA) is 62.1 Å².